The number of hydrogen-bond donors (Lipinski definition) is 1. The van der Waals surface area contributed by atoms with E-state index in [0.29, 0.717) is 0 Å². The van der Waals surface area contributed by atoms with Gasteiger partial charge in [0.2, 0.25) is 0 Å². The summed E-state index contributed by atoms with van der Waals surface area (Å²) in [6, 6.07) is 13.7. The first-order valence-corrected chi connectivity index (χ1v) is 6.20. The Morgan fingerprint density at radius 2 is 1.78 bits per heavy atom. The number of benzene rings is 2. The molecule has 18 heavy (non-hydrogen) atoms. The molecule has 0 radical (unpaired) electrons. The molecule has 2 rings (SSSR count). The molecule has 0 aliphatic carbocycles. The highest BCUT2D eigenvalue weighted by Crippen LogP contribution is 2.27. The van der Waals surface area contributed by atoms with E-state index in [9.17, 15) is 5.11 Å². The molecule has 2 aromatic rings. The van der Waals surface area contributed by atoms with Crippen LogP contribution in [0.5, 0.6) is 5.75 Å². The zero-order valence-electron chi connectivity index (χ0n) is 10.9. The molecule has 0 amide bonds. The summed E-state index contributed by atoms with van der Waals surface area (Å²) >= 11 is 0. The highest BCUT2D eigenvalue weighted by Gasteiger charge is 2.07. The minimum Gasteiger partial charge on any atom is -0.508 e. The number of phenolic OH excluding ortho intramolecular Hbond substituents is 1. The average Bonchev–Trinajstić information content (AvgIpc) is 2.39. The van der Waals surface area contributed by atoms with Crippen molar-refractivity contribution in [2.75, 3.05) is 0 Å². The van der Waals surface area contributed by atoms with Gasteiger partial charge in [-0.2, -0.15) is 0 Å². The zero-order valence-corrected chi connectivity index (χ0v) is 10.9. The Morgan fingerprint density at radius 3 is 2.39 bits per heavy atom. The maximum absolute atomic E-state index is 9.32. The quantitative estimate of drug-likeness (QED) is 0.844. The molecule has 0 saturated carbocycles. The number of phenols is 1. The predicted octanol–water partition coefficient (Wildman–Crippen LogP) is 4.32. The van der Waals surface area contributed by atoms with Crippen molar-refractivity contribution in [3.8, 4) is 5.75 Å². The molecule has 0 unspecified atom stereocenters. The van der Waals surface area contributed by atoms with Gasteiger partial charge in [-0.25, -0.2) is 0 Å². The Bertz CT molecular complexity index is 565. The van der Waals surface area contributed by atoms with E-state index in [4.69, 9.17) is 0 Å². The predicted molar refractivity (Wildman–Crippen MR) is 76.8 cm³/mol. The van der Waals surface area contributed by atoms with Gasteiger partial charge in [-0.3, -0.25) is 0 Å². The van der Waals surface area contributed by atoms with Gasteiger partial charge in [0.25, 0.3) is 0 Å². The van der Waals surface area contributed by atoms with Crippen LogP contribution in [0, 0.1) is 6.92 Å². The fraction of sp³-hybridized carbons (Fsp3) is 0.176. The molecule has 0 aliphatic heterocycles. The summed E-state index contributed by atoms with van der Waals surface area (Å²) in [6.45, 7) is 8.43. The minimum atomic E-state index is 0.284. The maximum atomic E-state index is 9.32. The molecule has 2 aromatic carbocycles. The standard InChI is InChI=1S/C17H18O/c1-4-14-6-5-12(2)11-17(14)13(3)15-7-9-16(18)10-8-15/h5-11,18H,3-4H2,1-2H3. The van der Waals surface area contributed by atoms with Gasteiger partial charge < -0.3 is 5.11 Å². The molecule has 0 fully saturated rings. The van der Waals surface area contributed by atoms with Crippen molar-refractivity contribution in [3.05, 3.63) is 71.3 Å². The lowest BCUT2D eigenvalue weighted by Crippen LogP contribution is -1.94. The van der Waals surface area contributed by atoms with Crippen molar-refractivity contribution in [2.45, 2.75) is 20.3 Å². The number of aryl methyl sites for hydroxylation is 2. The first-order valence-electron chi connectivity index (χ1n) is 6.20. The van der Waals surface area contributed by atoms with E-state index in [1.165, 1.54) is 16.7 Å². The van der Waals surface area contributed by atoms with Gasteiger partial charge >= 0.3 is 0 Å². The first kappa shape index (κ1) is 12.4. The van der Waals surface area contributed by atoms with E-state index in [2.05, 4.69) is 38.6 Å². The molecule has 92 valence electrons. The summed E-state index contributed by atoms with van der Waals surface area (Å²) < 4.78 is 0. The Kier molecular flexibility index (Phi) is 3.52. The molecule has 0 bridgehead atoms. The third-order valence-corrected chi connectivity index (χ3v) is 3.19. The summed E-state index contributed by atoms with van der Waals surface area (Å²) in [7, 11) is 0. The lowest BCUT2D eigenvalue weighted by molar-refractivity contribution is 0.475. The largest absolute Gasteiger partial charge is 0.508 e. The summed E-state index contributed by atoms with van der Waals surface area (Å²) in [5, 5.41) is 9.32. The third kappa shape index (κ3) is 2.45. The van der Waals surface area contributed by atoms with E-state index in [0.717, 1.165) is 17.6 Å². The van der Waals surface area contributed by atoms with Gasteiger partial charge in [-0.05, 0) is 47.7 Å². The summed E-state index contributed by atoms with van der Waals surface area (Å²) in [5.74, 6) is 0.284. The summed E-state index contributed by atoms with van der Waals surface area (Å²) in [6.07, 6.45) is 0.993. The lowest BCUT2D eigenvalue weighted by atomic mass is 9.92. The van der Waals surface area contributed by atoms with Gasteiger partial charge in [-0.15, -0.1) is 0 Å². The van der Waals surface area contributed by atoms with Crippen LogP contribution in [0.4, 0.5) is 0 Å². The van der Waals surface area contributed by atoms with Crippen molar-refractivity contribution in [1.29, 1.82) is 0 Å². The van der Waals surface area contributed by atoms with Crippen molar-refractivity contribution < 1.29 is 5.11 Å². The van der Waals surface area contributed by atoms with Gasteiger partial charge in [0.05, 0.1) is 0 Å². The summed E-state index contributed by atoms with van der Waals surface area (Å²) in [4.78, 5) is 0. The molecule has 0 heterocycles. The lowest BCUT2D eigenvalue weighted by Gasteiger charge is -2.12. The van der Waals surface area contributed by atoms with E-state index >= 15 is 0 Å². The third-order valence-electron chi connectivity index (χ3n) is 3.19. The second kappa shape index (κ2) is 5.09. The van der Waals surface area contributed by atoms with Crippen LogP contribution in [0.3, 0.4) is 0 Å². The molecule has 1 N–H and O–H groups in total. The smallest absolute Gasteiger partial charge is 0.115 e. The number of rotatable bonds is 3. The van der Waals surface area contributed by atoms with Gasteiger partial charge in [0, 0.05) is 0 Å². The highest BCUT2D eigenvalue weighted by molar-refractivity contribution is 5.80. The Morgan fingerprint density at radius 1 is 1.11 bits per heavy atom. The van der Waals surface area contributed by atoms with Gasteiger partial charge in [-0.1, -0.05) is 49.4 Å². The molecule has 1 heteroatoms. The topological polar surface area (TPSA) is 20.2 Å². The Balaban J connectivity index is 2.45. The van der Waals surface area contributed by atoms with Gasteiger partial charge in [0.15, 0.2) is 0 Å². The van der Waals surface area contributed by atoms with Crippen LogP contribution < -0.4 is 0 Å². The molecular weight excluding hydrogens is 220 g/mol. The number of hydrogen-bond acceptors (Lipinski definition) is 1. The fourth-order valence-electron chi connectivity index (χ4n) is 2.10. The Hall–Kier alpha value is -2.02. The first-order chi connectivity index (χ1) is 8.61. The van der Waals surface area contributed by atoms with E-state index < -0.39 is 0 Å². The van der Waals surface area contributed by atoms with Crippen molar-refractivity contribution in [2.24, 2.45) is 0 Å². The second-order valence-corrected chi connectivity index (χ2v) is 4.54. The summed E-state index contributed by atoms with van der Waals surface area (Å²) in [5.41, 5.74) is 5.80. The maximum Gasteiger partial charge on any atom is 0.115 e. The Labute approximate surface area is 108 Å². The van der Waals surface area contributed by atoms with Crippen LogP contribution >= 0.6 is 0 Å². The van der Waals surface area contributed by atoms with E-state index in [1.54, 1.807) is 12.1 Å². The van der Waals surface area contributed by atoms with Crippen LogP contribution in [0.25, 0.3) is 5.57 Å². The van der Waals surface area contributed by atoms with Crippen molar-refractivity contribution in [3.63, 3.8) is 0 Å². The monoisotopic (exact) mass is 238 g/mol. The number of aromatic hydroxyl groups is 1. The normalized spacial score (nSPS) is 10.3. The van der Waals surface area contributed by atoms with Crippen LogP contribution in [0.15, 0.2) is 49.0 Å². The van der Waals surface area contributed by atoms with Crippen LogP contribution in [-0.2, 0) is 6.42 Å². The SMILES string of the molecule is C=C(c1ccc(O)cc1)c1cc(C)ccc1CC. The van der Waals surface area contributed by atoms with Crippen LogP contribution in [0.2, 0.25) is 0 Å². The van der Waals surface area contributed by atoms with Crippen LogP contribution in [0.1, 0.15) is 29.2 Å². The minimum absolute atomic E-state index is 0.284. The van der Waals surface area contributed by atoms with E-state index in [-0.39, 0.29) is 5.75 Å². The molecule has 1 nitrogen and oxygen atoms in total. The second-order valence-electron chi connectivity index (χ2n) is 4.54. The average molecular weight is 238 g/mol. The zero-order chi connectivity index (χ0) is 13.1. The molecular formula is C17H18O. The molecule has 0 atom stereocenters. The van der Waals surface area contributed by atoms with Gasteiger partial charge in [0.1, 0.15) is 5.75 Å². The fourth-order valence-corrected chi connectivity index (χ4v) is 2.10. The van der Waals surface area contributed by atoms with E-state index in [1.807, 2.05) is 12.1 Å². The molecule has 0 saturated heterocycles. The van der Waals surface area contributed by atoms with Crippen molar-refractivity contribution in [1.82, 2.24) is 0 Å². The molecule has 0 aromatic heterocycles. The molecule has 0 spiro atoms. The van der Waals surface area contributed by atoms with Crippen LogP contribution in [-0.4, -0.2) is 5.11 Å². The van der Waals surface area contributed by atoms with Crippen molar-refractivity contribution >= 4 is 5.57 Å². The highest BCUT2D eigenvalue weighted by atomic mass is 16.3. The molecule has 0 aliphatic rings.